The van der Waals surface area contributed by atoms with Gasteiger partial charge in [0.1, 0.15) is 0 Å². The van der Waals surface area contributed by atoms with E-state index in [1.165, 1.54) is 67.5 Å². The lowest BCUT2D eigenvalue weighted by Crippen LogP contribution is -1.88. The average Bonchev–Trinajstić information content (AvgIpc) is 2.94. The third-order valence-electron chi connectivity index (χ3n) is 3.90. The second-order valence-corrected chi connectivity index (χ2v) is 7.47. The van der Waals surface area contributed by atoms with E-state index in [1.807, 2.05) is 11.3 Å². The molecule has 1 unspecified atom stereocenters. The van der Waals surface area contributed by atoms with E-state index in [-0.39, 0.29) is 5.38 Å². The molecule has 2 heteroatoms. The minimum atomic E-state index is 0.241. The number of hydrogen-bond donors (Lipinski definition) is 0. The maximum atomic E-state index is 6.48. The number of alkyl halides is 1. The van der Waals surface area contributed by atoms with Crippen LogP contribution in [0.25, 0.3) is 0 Å². The minimum absolute atomic E-state index is 0.241. The molecule has 1 atom stereocenters. The molecule has 0 aliphatic carbocycles. The molecule has 0 radical (unpaired) electrons. The zero-order valence-corrected chi connectivity index (χ0v) is 14.9. The monoisotopic (exact) mass is 314 g/mol. The summed E-state index contributed by atoms with van der Waals surface area (Å²) in [6.45, 7) is 4.49. The molecular formula is C18H31ClS. The topological polar surface area (TPSA) is 0 Å². The van der Waals surface area contributed by atoms with Gasteiger partial charge in [0.05, 0.1) is 5.38 Å². The van der Waals surface area contributed by atoms with Crippen LogP contribution >= 0.6 is 22.9 Å². The molecule has 0 saturated carbocycles. The smallest absolute Gasteiger partial charge is 0.0678 e. The third-order valence-corrected chi connectivity index (χ3v) is 5.83. The van der Waals surface area contributed by atoms with Crippen molar-refractivity contribution in [3.8, 4) is 0 Å². The molecule has 20 heavy (non-hydrogen) atoms. The summed E-state index contributed by atoms with van der Waals surface area (Å²) >= 11 is 8.37. The van der Waals surface area contributed by atoms with Crippen LogP contribution in [0.4, 0.5) is 0 Å². The fourth-order valence-electron chi connectivity index (χ4n) is 2.53. The number of halogens is 1. The normalized spacial score (nSPS) is 12.8. The van der Waals surface area contributed by atoms with Gasteiger partial charge in [-0.15, -0.1) is 22.9 Å². The van der Waals surface area contributed by atoms with E-state index in [4.69, 9.17) is 11.6 Å². The molecule has 0 saturated heterocycles. The van der Waals surface area contributed by atoms with Gasteiger partial charge in [-0.1, -0.05) is 71.6 Å². The molecule has 0 aliphatic rings. The van der Waals surface area contributed by atoms with Crippen LogP contribution in [0.5, 0.6) is 0 Å². The van der Waals surface area contributed by atoms with Crippen LogP contribution in [0.3, 0.4) is 0 Å². The number of unbranched alkanes of at least 4 members (excludes halogenated alkanes) is 8. The van der Waals surface area contributed by atoms with Gasteiger partial charge in [-0.3, -0.25) is 0 Å². The van der Waals surface area contributed by atoms with Crippen molar-refractivity contribution >= 4 is 22.9 Å². The van der Waals surface area contributed by atoms with E-state index in [0.717, 1.165) is 12.8 Å². The SMILES string of the molecule is CCCCCCCCCCCC(Cl)c1ccc(CC)s1. The first kappa shape index (κ1) is 18.0. The Morgan fingerprint density at radius 3 is 2.05 bits per heavy atom. The summed E-state index contributed by atoms with van der Waals surface area (Å²) in [7, 11) is 0. The lowest BCUT2D eigenvalue weighted by atomic mass is 10.1. The predicted molar refractivity (Wildman–Crippen MR) is 94.1 cm³/mol. The Kier molecular flexibility index (Phi) is 10.5. The van der Waals surface area contributed by atoms with Crippen molar-refractivity contribution in [2.75, 3.05) is 0 Å². The van der Waals surface area contributed by atoms with Crippen LogP contribution in [0, 0.1) is 0 Å². The predicted octanol–water partition coefficient (Wildman–Crippen LogP) is 7.51. The molecule has 1 rings (SSSR count). The van der Waals surface area contributed by atoms with Crippen LogP contribution in [0.2, 0.25) is 0 Å². The Labute approximate surface area is 134 Å². The van der Waals surface area contributed by atoms with Gasteiger partial charge in [0.25, 0.3) is 0 Å². The molecule has 116 valence electrons. The van der Waals surface area contributed by atoms with Crippen molar-refractivity contribution in [2.45, 2.75) is 89.9 Å². The fourth-order valence-corrected chi connectivity index (χ4v) is 3.85. The van der Waals surface area contributed by atoms with E-state index in [2.05, 4.69) is 26.0 Å². The van der Waals surface area contributed by atoms with Gasteiger partial charge >= 0.3 is 0 Å². The van der Waals surface area contributed by atoms with Crippen LogP contribution in [0.15, 0.2) is 12.1 Å². The van der Waals surface area contributed by atoms with E-state index < -0.39 is 0 Å². The van der Waals surface area contributed by atoms with E-state index in [9.17, 15) is 0 Å². The summed E-state index contributed by atoms with van der Waals surface area (Å²) in [6.07, 6.45) is 14.7. The first-order chi connectivity index (χ1) is 9.77. The molecular weight excluding hydrogens is 284 g/mol. The van der Waals surface area contributed by atoms with Crippen molar-refractivity contribution in [1.29, 1.82) is 0 Å². The Morgan fingerprint density at radius 2 is 1.50 bits per heavy atom. The summed E-state index contributed by atoms with van der Waals surface area (Å²) in [5, 5.41) is 0.241. The Hall–Kier alpha value is -0.0100. The average molecular weight is 315 g/mol. The zero-order chi connectivity index (χ0) is 14.6. The lowest BCUT2D eigenvalue weighted by molar-refractivity contribution is 0.555. The van der Waals surface area contributed by atoms with Gasteiger partial charge in [0.2, 0.25) is 0 Å². The standard InChI is InChI=1S/C18H31ClS/c1-3-5-6-7-8-9-10-11-12-13-17(19)18-15-14-16(4-2)20-18/h14-15,17H,3-13H2,1-2H3. The number of hydrogen-bond acceptors (Lipinski definition) is 1. The fraction of sp³-hybridized carbons (Fsp3) is 0.778. The summed E-state index contributed by atoms with van der Waals surface area (Å²) in [6, 6.07) is 4.45. The molecule has 0 amide bonds. The maximum absolute atomic E-state index is 6.48. The van der Waals surface area contributed by atoms with E-state index >= 15 is 0 Å². The van der Waals surface area contributed by atoms with Crippen molar-refractivity contribution in [3.05, 3.63) is 21.9 Å². The molecule has 0 aliphatic heterocycles. The molecule has 1 aromatic rings. The number of thiophene rings is 1. The van der Waals surface area contributed by atoms with E-state index in [0.29, 0.717) is 0 Å². The molecule has 1 heterocycles. The van der Waals surface area contributed by atoms with Gasteiger partial charge < -0.3 is 0 Å². The molecule has 0 spiro atoms. The highest BCUT2D eigenvalue weighted by Gasteiger charge is 2.09. The van der Waals surface area contributed by atoms with Gasteiger partial charge in [0, 0.05) is 9.75 Å². The maximum Gasteiger partial charge on any atom is 0.0678 e. The quantitative estimate of drug-likeness (QED) is 0.276. The van der Waals surface area contributed by atoms with Crippen molar-refractivity contribution in [2.24, 2.45) is 0 Å². The van der Waals surface area contributed by atoms with Gasteiger partial charge in [0.15, 0.2) is 0 Å². The summed E-state index contributed by atoms with van der Waals surface area (Å²) < 4.78 is 0. The van der Waals surface area contributed by atoms with E-state index in [1.54, 1.807) is 0 Å². The highest BCUT2D eigenvalue weighted by molar-refractivity contribution is 7.12. The highest BCUT2D eigenvalue weighted by Crippen LogP contribution is 2.32. The summed E-state index contributed by atoms with van der Waals surface area (Å²) in [4.78, 5) is 2.82. The van der Waals surface area contributed by atoms with Crippen molar-refractivity contribution < 1.29 is 0 Å². The molecule has 0 bridgehead atoms. The first-order valence-corrected chi connectivity index (χ1v) is 9.75. The number of aryl methyl sites for hydroxylation is 1. The molecule has 1 aromatic heterocycles. The van der Waals surface area contributed by atoms with Crippen molar-refractivity contribution in [3.63, 3.8) is 0 Å². The van der Waals surface area contributed by atoms with Gasteiger partial charge in [-0.25, -0.2) is 0 Å². The van der Waals surface area contributed by atoms with Gasteiger partial charge in [-0.05, 0) is 25.0 Å². The summed E-state index contributed by atoms with van der Waals surface area (Å²) in [5.41, 5.74) is 0. The van der Waals surface area contributed by atoms with Crippen LogP contribution in [0.1, 0.15) is 93.2 Å². The van der Waals surface area contributed by atoms with Gasteiger partial charge in [-0.2, -0.15) is 0 Å². The van der Waals surface area contributed by atoms with Crippen molar-refractivity contribution in [1.82, 2.24) is 0 Å². The lowest BCUT2D eigenvalue weighted by Gasteiger charge is -2.07. The van der Waals surface area contributed by atoms with Crippen LogP contribution < -0.4 is 0 Å². The second-order valence-electron chi connectivity index (χ2n) is 5.74. The Bertz CT molecular complexity index is 332. The van der Waals surface area contributed by atoms with Crippen LogP contribution in [-0.4, -0.2) is 0 Å². The molecule has 0 N–H and O–H groups in total. The molecule has 0 fully saturated rings. The van der Waals surface area contributed by atoms with Crippen LogP contribution in [-0.2, 0) is 6.42 Å². The minimum Gasteiger partial charge on any atom is -0.144 e. The molecule has 0 nitrogen and oxygen atoms in total. The second kappa shape index (κ2) is 11.6. The Morgan fingerprint density at radius 1 is 0.900 bits per heavy atom. The zero-order valence-electron chi connectivity index (χ0n) is 13.3. The number of rotatable bonds is 12. The Balaban J connectivity index is 1.98. The third kappa shape index (κ3) is 7.69. The molecule has 0 aromatic carbocycles. The highest BCUT2D eigenvalue weighted by atomic mass is 35.5. The first-order valence-electron chi connectivity index (χ1n) is 8.50. The largest absolute Gasteiger partial charge is 0.144 e. The summed E-state index contributed by atoms with van der Waals surface area (Å²) in [5.74, 6) is 0.